The molecule has 4 rings (SSSR count). The maximum absolute atomic E-state index is 5.64. The first-order valence-electron chi connectivity index (χ1n) is 8.10. The van der Waals surface area contributed by atoms with Crippen molar-refractivity contribution in [2.45, 2.75) is 6.54 Å². The molecule has 0 unspecified atom stereocenters. The Bertz CT molecular complexity index is 938. The highest BCUT2D eigenvalue weighted by Gasteiger charge is 2.00. The molecule has 2 aromatic heterocycles. The second-order valence-electron chi connectivity index (χ2n) is 5.54. The summed E-state index contributed by atoms with van der Waals surface area (Å²) in [5.41, 5.74) is 3.16. The molecule has 0 bridgehead atoms. The molecule has 2 aromatic carbocycles. The number of benzene rings is 2. The minimum atomic E-state index is 0.478. The first-order chi connectivity index (χ1) is 12.9. The van der Waals surface area contributed by atoms with E-state index in [4.69, 9.17) is 4.74 Å². The number of rotatable bonds is 6. The lowest BCUT2D eigenvalue weighted by Gasteiger charge is -2.09. The van der Waals surface area contributed by atoms with Crippen molar-refractivity contribution in [3.05, 3.63) is 85.1 Å². The molecule has 0 aliphatic heterocycles. The SMILES string of the molecule is c1cnc(Oc2ccc(CNc3ccc(-n4ccnn4)cc3)cc2)cn1. The van der Waals surface area contributed by atoms with E-state index < -0.39 is 0 Å². The van der Waals surface area contributed by atoms with Crippen molar-refractivity contribution >= 4 is 5.69 Å². The van der Waals surface area contributed by atoms with Gasteiger partial charge in [-0.2, -0.15) is 0 Å². The van der Waals surface area contributed by atoms with Crippen molar-refractivity contribution in [2.24, 2.45) is 0 Å². The molecular weight excluding hydrogens is 328 g/mol. The van der Waals surface area contributed by atoms with Gasteiger partial charge < -0.3 is 10.1 Å². The zero-order chi connectivity index (χ0) is 17.6. The predicted molar refractivity (Wildman–Crippen MR) is 97.2 cm³/mol. The van der Waals surface area contributed by atoms with Gasteiger partial charge in [-0.25, -0.2) is 9.67 Å². The van der Waals surface area contributed by atoms with Gasteiger partial charge in [-0.1, -0.05) is 17.3 Å². The highest BCUT2D eigenvalue weighted by Crippen LogP contribution is 2.19. The summed E-state index contributed by atoms with van der Waals surface area (Å²) < 4.78 is 7.36. The average Bonchev–Trinajstić information content (AvgIpc) is 3.24. The van der Waals surface area contributed by atoms with Crippen LogP contribution >= 0.6 is 0 Å². The monoisotopic (exact) mass is 344 g/mol. The fourth-order valence-corrected chi connectivity index (χ4v) is 2.42. The van der Waals surface area contributed by atoms with Gasteiger partial charge in [0, 0.05) is 24.6 Å². The summed E-state index contributed by atoms with van der Waals surface area (Å²) >= 11 is 0. The van der Waals surface area contributed by atoms with Crippen LogP contribution in [0.5, 0.6) is 11.6 Å². The molecule has 2 heterocycles. The molecule has 0 amide bonds. The van der Waals surface area contributed by atoms with E-state index >= 15 is 0 Å². The molecule has 0 saturated carbocycles. The number of aromatic nitrogens is 5. The van der Waals surface area contributed by atoms with E-state index in [1.54, 1.807) is 29.5 Å². The molecule has 0 atom stereocenters. The summed E-state index contributed by atoms with van der Waals surface area (Å²) in [6.07, 6.45) is 8.26. The van der Waals surface area contributed by atoms with E-state index in [0.717, 1.165) is 22.7 Å². The van der Waals surface area contributed by atoms with Crippen LogP contribution in [0.3, 0.4) is 0 Å². The summed E-state index contributed by atoms with van der Waals surface area (Å²) in [7, 11) is 0. The molecule has 7 heteroatoms. The number of ether oxygens (including phenoxy) is 1. The molecule has 1 N–H and O–H groups in total. The number of nitrogens with zero attached hydrogens (tertiary/aromatic N) is 5. The molecule has 26 heavy (non-hydrogen) atoms. The molecule has 0 saturated heterocycles. The lowest BCUT2D eigenvalue weighted by molar-refractivity contribution is 0.460. The molecule has 7 nitrogen and oxygen atoms in total. The van der Waals surface area contributed by atoms with E-state index in [1.807, 2.05) is 54.7 Å². The smallest absolute Gasteiger partial charge is 0.237 e. The summed E-state index contributed by atoms with van der Waals surface area (Å²) in [5.74, 6) is 1.21. The quantitative estimate of drug-likeness (QED) is 0.577. The Hall–Kier alpha value is -3.74. The van der Waals surface area contributed by atoms with Crippen molar-refractivity contribution in [3.8, 4) is 17.3 Å². The van der Waals surface area contributed by atoms with Gasteiger partial charge in [0.15, 0.2) is 0 Å². The van der Waals surface area contributed by atoms with Crippen molar-refractivity contribution in [2.75, 3.05) is 5.32 Å². The van der Waals surface area contributed by atoms with Gasteiger partial charge in [0.25, 0.3) is 0 Å². The van der Waals surface area contributed by atoms with E-state index in [-0.39, 0.29) is 0 Å². The maximum Gasteiger partial charge on any atom is 0.237 e. The fourth-order valence-electron chi connectivity index (χ4n) is 2.42. The van der Waals surface area contributed by atoms with Gasteiger partial charge in [0.1, 0.15) is 5.75 Å². The number of hydrogen-bond donors (Lipinski definition) is 1. The number of nitrogens with one attached hydrogen (secondary N) is 1. The molecule has 0 aliphatic carbocycles. The first-order valence-corrected chi connectivity index (χ1v) is 8.10. The Morgan fingerprint density at radius 2 is 1.77 bits per heavy atom. The third-order valence-corrected chi connectivity index (χ3v) is 3.74. The number of hydrogen-bond acceptors (Lipinski definition) is 6. The van der Waals surface area contributed by atoms with Crippen LogP contribution in [0.25, 0.3) is 5.69 Å². The molecule has 0 fully saturated rings. The minimum absolute atomic E-state index is 0.478. The fraction of sp³-hybridized carbons (Fsp3) is 0.0526. The van der Waals surface area contributed by atoms with E-state index in [0.29, 0.717) is 12.4 Å². The molecular formula is C19H16N6O. The number of anilines is 1. The van der Waals surface area contributed by atoms with Crippen LogP contribution in [-0.4, -0.2) is 25.0 Å². The highest BCUT2D eigenvalue weighted by molar-refractivity contribution is 5.49. The van der Waals surface area contributed by atoms with Crippen molar-refractivity contribution in [1.29, 1.82) is 0 Å². The third kappa shape index (κ3) is 3.84. The summed E-state index contributed by atoms with van der Waals surface area (Å²) in [6, 6.07) is 15.9. The van der Waals surface area contributed by atoms with Gasteiger partial charge in [-0.05, 0) is 42.0 Å². The zero-order valence-corrected chi connectivity index (χ0v) is 13.9. The van der Waals surface area contributed by atoms with Crippen LogP contribution in [0.1, 0.15) is 5.56 Å². The zero-order valence-electron chi connectivity index (χ0n) is 13.9. The topological polar surface area (TPSA) is 77.8 Å². The minimum Gasteiger partial charge on any atom is -0.438 e. The van der Waals surface area contributed by atoms with Gasteiger partial charge in [0.05, 0.1) is 24.3 Å². The van der Waals surface area contributed by atoms with E-state index in [1.165, 1.54) is 0 Å². The van der Waals surface area contributed by atoms with Crippen LogP contribution in [0.4, 0.5) is 5.69 Å². The summed E-state index contributed by atoms with van der Waals surface area (Å²) in [4.78, 5) is 8.07. The van der Waals surface area contributed by atoms with Crippen molar-refractivity contribution in [1.82, 2.24) is 25.0 Å². The second-order valence-corrected chi connectivity index (χ2v) is 5.54. The summed E-state index contributed by atoms with van der Waals surface area (Å²) in [5, 5.41) is 11.2. The predicted octanol–water partition coefficient (Wildman–Crippen LogP) is 3.46. The molecule has 0 aliphatic rings. The van der Waals surface area contributed by atoms with Gasteiger partial charge in [0.2, 0.25) is 5.88 Å². The van der Waals surface area contributed by atoms with Crippen LogP contribution < -0.4 is 10.1 Å². The normalized spacial score (nSPS) is 10.5. The van der Waals surface area contributed by atoms with Crippen molar-refractivity contribution in [3.63, 3.8) is 0 Å². The average molecular weight is 344 g/mol. The van der Waals surface area contributed by atoms with Gasteiger partial charge in [-0.15, -0.1) is 5.10 Å². The summed E-state index contributed by atoms with van der Waals surface area (Å²) in [6.45, 7) is 0.716. The Balaban J connectivity index is 1.34. The van der Waals surface area contributed by atoms with Gasteiger partial charge >= 0.3 is 0 Å². The van der Waals surface area contributed by atoms with Crippen LogP contribution in [-0.2, 0) is 6.54 Å². The largest absolute Gasteiger partial charge is 0.438 e. The van der Waals surface area contributed by atoms with Gasteiger partial charge in [-0.3, -0.25) is 4.98 Å². The Labute approximate surface area is 150 Å². The molecule has 4 aromatic rings. The second kappa shape index (κ2) is 7.43. The Morgan fingerprint density at radius 1 is 0.923 bits per heavy atom. The molecule has 0 radical (unpaired) electrons. The lowest BCUT2D eigenvalue weighted by Crippen LogP contribution is -2.00. The maximum atomic E-state index is 5.64. The van der Waals surface area contributed by atoms with Crippen LogP contribution in [0.2, 0.25) is 0 Å². The van der Waals surface area contributed by atoms with E-state index in [9.17, 15) is 0 Å². The van der Waals surface area contributed by atoms with Crippen LogP contribution in [0.15, 0.2) is 79.5 Å². The Morgan fingerprint density at radius 3 is 2.46 bits per heavy atom. The van der Waals surface area contributed by atoms with Crippen LogP contribution in [0, 0.1) is 0 Å². The first kappa shape index (κ1) is 15.8. The molecule has 0 spiro atoms. The lowest BCUT2D eigenvalue weighted by atomic mass is 10.2. The standard InChI is InChI=1S/C19H16N6O/c1-7-18(26-19-14-20-9-10-21-19)8-2-15(1)13-22-16-3-5-17(6-4-16)25-12-11-23-24-25/h1-12,14,22H,13H2. The Kier molecular flexibility index (Phi) is 4.51. The van der Waals surface area contributed by atoms with Crippen molar-refractivity contribution < 1.29 is 4.74 Å². The van der Waals surface area contributed by atoms with E-state index in [2.05, 4.69) is 25.6 Å². The highest BCUT2D eigenvalue weighted by atomic mass is 16.5. The molecule has 128 valence electrons. The third-order valence-electron chi connectivity index (χ3n) is 3.74.